The molecule has 1 N–H and O–H groups in total. The summed E-state index contributed by atoms with van der Waals surface area (Å²) in [6.07, 6.45) is -12.3. The lowest BCUT2D eigenvalue weighted by Gasteiger charge is -2.47. The molecule has 0 aliphatic carbocycles. The number of rotatable bonds is 15. The molecule has 2 fully saturated rings. The highest BCUT2D eigenvalue weighted by Gasteiger charge is 2.55. The zero-order chi connectivity index (χ0) is 36.0. The molecule has 2 aliphatic rings. The summed E-state index contributed by atoms with van der Waals surface area (Å²) in [5, 5.41) is 2.36. The Kier molecular flexibility index (Phi) is 16.2. The average Bonchev–Trinajstić information content (AvgIpc) is 2.99. The van der Waals surface area contributed by atoms with Crippen molar-refractivity contribution in [2.24, 2.45) is 0 Å². The highest BCUT2D eigenvalue weighted by Crippen LogP contribution is 2.33. The van der Waals surface area contributed by atoms with Gasteiger partial charge in [0.15, 0.2) is 30.7 Å². The van der Waals surface area contributed by atoms with Gasteiger partial charge < -0.3 is 57.4 Å². The van der Waals surface area contributed by atoms with Crippen LogP contribution in [0.4, 0.5) is 4.79 Å². The van der Waals surface area contributed by atoms with E-state index in [-0.39, 0.29) is 19.8 Å². The molecule has 48 heavy (non-hydrogen) atoms. The van der Waals surface area contributed by atoms with Crippen LogP contribution in [0.5, 0.6) is 0 Å². The van der Waals surface area contributed by atoms with Crippen LogP contribution in [-0.2, 0) is 80.9 Å². The zero-order valence-electron chi connectivity index (χ0n) is 27.4. The first kappa shape index (κ1) is 39.8. The number of alkyl carbamates (subject to hydrolysis) is 1. The first-order chi connectivity index (χ1) is 22.7. The van der Waals surface area contributed by atoms with E-state index in [4.69, 9.17) is 52.1 Å². The molecule has 2 heterocycles. The predicted molar refractivity (Wildman–Crippen MR) is 153 cm³/mol. The molecule has 19 heteroatoms. The standard InChI is InChI=1S/C29H41NO18/c1-8-22(36)39-10-9-30-29(37)42-13-20-23(38-7)26(45-17(5)34)27(46-18(6)35)28(47-20)48-24-19(11-40-14(2)31)41-12-21(43-15(3)32)25(24)44-16(4)33/h8,19-21,23-28H,1,9-13H2,2-7H3,(H,30,37). The van der Waals surface area contributed by atoms with Gasteiger partial charge in [-0.1, -0.05) is 6.58 Å². The number of methoxy groups -OCH3 is 1. The molecule has 0 bridgehead atoms. The van der Waals surface area contributed by atoms with Gasteiger partial charge in [0.05, 0.1) is 13.2 Å². The minimum Gasteiger partial charge on any atom is -0.463 e. The van der Waals surface area contributed by atoms with Crippen molar-refractivity contribution < 1.29 is 85.7 Å². The number of carbonyl (C=O) groups excluding carboxylic acids is 7. The van der Waals surface area contributed by atoms with Crippen molar-refractivity contribution in [3.63, 3.8) is 0 Å². The van der Waals surface area contributed by atoms with E-state index < -0.39 is 110 Å². The summed E-state index contributed by atoms with van der Waals surface area (Å²) in [7, 11) is 1.24. The maximum atomic E-state index is 12.4. The second-order valence-corrected chi connectivity index (χ2v) is 10.3. The van der Waals surface area contributed by atoms with Crippen LogP contribution in [0.1, 0.15) is 34.6 Å². The Morgan fingerprint density at radius 3 is 1.85 bits per heavy atom. The Balaban J connectivity index is 2.46. The Morgan fingerprint density at radius 2 is 1.29 bits per heavy atom. The van der Waals surface area contributed by atoms with Crippen molar-refractivity contribution in [3.8, 4) is 0 Å². The summed E-state index contributed by atoms with van der Waals surface area (Å²) in [5.41, 5.74) is 0. The molecule has 0 saturated carbocycles. The van der Waals surface area contributed by atoms with E-state index in [2.05, 4.69) is 11.9 Å². The third kappa shape index (κ3) is 12.7. The highest BCUT2D eigenvalue weighted by atomic mass is 16.8. The van der Waals surface area contributed by atoms with Crippen LogP contribution in [0.2, 0.25) is 0 Å². The van der Waals surface area contributed by atoms with Gasteiger partial charge in [-0.05, 0) is 0 Å². The first-order valence-corrected chi connectivity index (χ1v) is 14.6. The molecular weight excluding hydrogens is 650 g/mol. The minimum absolute atomic E-state index is 0.111. The zero-order valence-corrected chi connectivity index (χ0v) is 27.4. The van der Waals surface area contributed by atoms with E-state index in [0.29, 0.717) is 0 Å². The summed E-state index contributed by atoms with van der Waals surface area (Å²) in [6.45, 7) is 7.25. The van der Waals surface area contributed by atoms with Crippen LogP contribution in [0.3, 0.4) is 0 Å². The van der Waals surface area contributed by atoms with E-state index in [9.17, 15) is 33.6 Å². The Bertz CT molecular complexity index is 1170. The predicted octanol–water partition coefficient (Wildman–Crippen LogP) is -0.744. The molecule has 2 saturated heterocycles. The van der Waals surface area contributed by atoms with Gasteiger partial charge in [-0.15, -0.1) is 0 Å². The van der Waals surface area contributed by atoms with Crippen molar-refractivity contribution in [2.45, 2.75) is 89.7 Å². The molecule has 0 spiro atoms. The summed E-state index contributed by atoms with van der Waals surface area (Å²) < 4.78 is 60.4. The molecule has 2 rings (SSSR count). The van der Waals surface area contributed by atoms with Crippen LogP contribution >= 0.6 is 0 Å². The number of nitrogens with one attached hydrogen (secondary N) is 1. The lowest BCUT2D eigenvalue weighted by atomic mass is 9.96. The molecular formula is C29H41NO18. The van der Waals surface area contributed by atoms with Crippen molar-refractivity contribution in [1.29, 1.82) is 0 Å². The van der Waals surface area contributed by atoms with Gasteiger partial charge in [-0.2, -0.15) is 0 Å². The van der Waals surface area contributed by atoms with Gasteiger partial charge in [0.1, 0.15) is 44.2 Å². The SMILES string of the molecule is C=CC(=O)OCCNC(=O)OCC1OC(OC2C(COC(C)=O)OCC(OC(C)=O)C2OC(C)=O)C(OC(C)=O)C(OC(C)=O)C1OC. The molecule has 2 aliphatic heterocycles. The number of amides is 1. The number of hydrogen-bond acceptors (Lipinski definition) is 18. The summed E-state index contributed by atoms with van der Waals surface area (Å²) in [4.78, 5) is 83.7. The molecule has 1 amide bonds. The lowest BCUT2D eigenvalue weighted by molar-refractivity contribution is -0.340. The van der Waals surface area contributed by atoms with Gasteiger partial charge >= 0.3 is 41.9 Å². The Labute approximate surface area is 275 Å². The van der Waals surface area contributed by atoms with Crippen molar-refractivity contribution in [2.75, 3.05) is 40.1 Å². The van der Waals surface area contributed by atoms with Gasteiger partial charge in [0, 0.05) is 47.8 Å². The van der Waals surface area contributed by atoms with Crippen molar-refractivity contribution in [1.82, 2.24) is 5.32 Å². The highest BCUT2D eigenvalue weighted by molar-refractivity contribution is 5.81. The van der Waals surface area contributed by atoms with Crippen molar-refractivity contribution >= 4 is 41.9 Å². The van der Waals surface area contributed by atoms with Crippen molar-refractivity contribution in [3.05, 3.63) is 12.7 Å². The second-order valence-electron chi connectivity index (χ2n) is 10.3. The quantitative estimate of drug-likeness (QED) is 0.0963. The summed E-state index contributed by atoms with van der Waals surface area (Å²) >= 11 is 0. The third-order valence-corrected chi connectivity index (χ3v) is 6.52. The Morgan fingerprint density at radius 1 is 0.708 bits per heavy atom. The second kappa shape index (κ2) is 19.5. The number of ether oxygens (including phenoxy) is 11. The summed E-state index contributed by atoms with van der Waals surface area (Å²) in [5.74, 6) is -4.57. The minimum atomic E-state index is -1.68. The van der Waals surface area contributed by atoms with Gasteiger partial charge in [-0.25, -0.2) is 9.59 Å². The fraction of sp³-hybridized carbons (Fsp3) is 0.690. The molecule has 270 valence electrons. The third-order valence-electron chi connectivity index (χ3n) is 6.52. The average molecular weight is 692 g/mol. The molecule has 0 aromatic carbocycles. The smallest absolute Gasteiger partial charge is 0.407 e. The monoisotopic (exact) mass is 691 g/mol. The molecule has 0 radical (unpaired) electrons. The fourth-order valence-corrected chi connectivity index (χ4v) is 4.77. The molecule has 19 nitrogen and oxygen atoms in total. The Hall–Kier alpha value is -4.33. The maximum absolute atomic E-state index is 12.4. The molecule has 0 aromatic heterocycles. The van der Waals surface area contributed by atoms with Crippen LogP contribution in [0.25, 0.3) is 0 Å². The van der Waals surface area contributed by atoms with E-state index in [1.54, 1.807) is 0 Å². The topological polar surface area (TPSA) is 233 Å². The first-order valence-electron chi connectivity index (χ1n) is 14.6. The lowest BCUT2D eigenvalue weighted by Crippen LogP contribution is -2.65. The maximum Gasteiger partial charge on any atom is 0.407 e. The molecule has 9 atom stereocenters. The summed E-state index contributed by atoms with van der Waals surface area (Å²) in [6, 6.07) is 0. The van der Waals surface area contributed by atoms with Gasteiger partial charge in [-0.3, -0.25) is 24.0 Å². The normalized spacial score (nSPS) is 28.1. The van der Waals surface area contributed by atoms with Crippen LogP contribution < -0.4 is 5.32 Å². The fourth-order valence-electron chi connectivity index (χ4n) is 4.77. The van der Waals surface area contributed by atoms with Crippen LogP contribution in [-0.4, -0.2) is 137 Å². The van der Waals surface area contributed by atoms with E-state index in [0.717, 1.165) is 40.7 Å². The molecule has 9 unspecified atom stereocenters. The number of hydrogen-bond donors (Lipinski definition) is 1. The van der Waals surface area contributed by atoms with E-state index in [1.165, 1.54) is 7.11 Å². The number of esters is 6. The van der Waals surface area contributed by atoms with Gasteiger partial charge in [0.25, 0.3) is 0 Å². The number of carbonyl (C=O) groups is 7. The largest absolute Gasteiger partial charge is 0.463 e. The van der Waals surface area contributed by atoms with Crippen LogP contribution in [0.15, 0.2) is 12.7 Å². The van der Waals surface area contributed by atoms with E-state index in [1.807, 2.05) is 0 Å². The van der Waals surface area contributed by atoms with Crippen LogP contribution in [0, 0.1) is 0 Å². The van der Waals surface area contributed by atoms with E-state index >= 15 is 0 Å². The molecule has 0 aromatic rings. The van der Waals surface area contributed by atoms with Gasteiger partial charge in [0.2, 0.25) is 0 Å².